The van der Waals surface area contributed by atoms with E-state index in [1.54, 1.807) is 75.7 Å². The van der Waals surface area contributed by atoms with Crippen LogP contribution in [0.5, 0.6) is 11.5 Å². The van der Waals surface area contributed by atoms with Crippen molar-refractivity contribution in [3.05, 3.63) is 83.4 Å². The number of para-hydroxylation sites is 1. The Kier molecular flexibility index (Phi) is 9.95. The fraction of sp³-hybridized carbons (Fsp3) is 0.310. The normalized spacial score (nSPS) is 11.8. The molecule has 0 aliphatic rings. The minimum absolute atomic E-state index is 0.229. The molecule has 0 unspecified atom stereocenters. The molecule has 3 aromatic rings. The number of sulfonamides is 1. The number of carbonyl (C=O) groups is 2. The van der Waals surface area contributed by atoms with Crippen molar-refractivity contribution < 1.29 is 27.5 Å². The number of nitrogens with zero attached hydrogens (tertiary/aromatic N) is 1. The average Bonchev–Trinajstić information content (AvgIpc) is 2.91. The molecule has 1 atom stereocenters. The third-order valence-corrected chi connectivity index (χ3v) is 7.37. The number of anilines is 2. The van der Waals surface area contributed by atoms with Gasteiger partial charge in [0.1, 0.15) is 6.04 Å². The molecule has 9 nitrogen and oxygen atoms in total. The van der Waals surface area contributed by atoms with Gasteiger partial charge in [0, 0.05) is 6.54 Å². The lowest BCUT2D eigenvalue weighted by molar-refractivity contribution is -0.117. The number of benzene rings is 3. The first-order valence-corrected chi connectivity index (χ1v) is 14.4. The van der Waals surface area contributed by atoms with Crippen LogP contribution in [0.4, 0.5) is 11.4 Å². The minimum atomic E-state index is -3.78. The molecule has 2 amide bonds. The van der Waals surface area contributed by atoms with Crippen LogP contribution in [-0.4, -0.2) is 53.3 Å². The highest BCUT2D eigenvalue weighted by atomic mass is 32.2. The number of nitrogens with one attached hydrogen (secondary N) is 2. The maximum absolute atomic E-state index is 13.4. The second-order valence-electron chi connectivity index (χ2n) is 9.05. The number of amides is 2. The zero-order valence-electron chi connectivity index (χ0n) is 22.9. The number of hydrogen-bond donors (Lipinski definition) is 2. The Hall–Kier alpha value is -4.05. The topological polar surface area (TPSA) is 114 Å². The summed E-state index contributed by atoms with van der Waals surface area (Å²) in [4.78, 5) is 26.4. The average molecular weight is 554 g/mol. The van der Waals surface area contributed by atoms with Gasteiger partial charge in [-0.3, -0.25) is 13.9 Å². The highest BCUT2D eigenvalue weighted by Crippen LogP contribution is 2.28. The van der Waals surface area contributed by atoms with E-state index in [0.29, 0.717) is 35.8 Å². The molecule has 0 radical (unpaired) electrons. The van der Waals surface area contributed by atoms with Gasteiger partial charge in [-0.2, -0.15) is 0 Å². The molecule has 0 bridgehead atoms. The van der Waals surface area contributed by atoms with Gasteiger partial charge in [0.25, 0.3) is 5.91 Å². The summed E-state index contributed by atoms with van der Waals surface area (Å²) in [6.45, 7) is 3.99. The van der Waals surface area contributed by atoms with Crippen LogP contribution in [0.2, 0.25) is 0 Å². The van der Waals surface area contributed by atoms with Crippen molar-refractivity contribution in [2.45, 2.75) is 32.7 Å². The van der Waals surface area contributed by atoms with E-state index in [9.17, 15) is 18.0 Å². The van der Waals surface area contributed by atoms with Crippen LogP contribution in [0.25, 0.3) is 0 Å². The van der Waals surface area contributed by atoms with E-state index in [4.69, 9.17) is 9.47 Å². The summed E-state index contributed by atoms with van der Waals surface area (Å²) in [7, 11) is -0.647. The van der Waals surface area contributed by atoms with Crippen LogP contribution in [0.1, 0.15) is 34.8 Å². The molecule has 3 aromatic carbocycles. The predicted octanol–water partition coefficient (Wildman–Crippen LogP) is 4.17. The molecule has 0 heterocycles. The number of ether oxygens (including phenoxy) is 2. The Balaban J connectivity index is 1.74. The van der Waals surface area contributed by atoms with Crippen molar-refractivity contribution in [1.29, 1.82) is 0 Å². The van der Waals surface area contributed by atoms with Crippen LogP contribution in [0, 0.1) is 6.92 Å². The van der Waals surface area contributed by atoms with Gasteiger partial charge in [-0.05, 0) is 61.7 Å². The third-order valence-electron chi connectivity index (χ3n) is 6.19. The second kappa shape index (κ2) is 13.1. The molecule has 208 valence electrons. The van der Waals surface area contributed by atoms with Gasteiger partial charge >= 0.3 is 0 Å². The predicted molar refractivity (Wildman–Crippen MR) is 153 cm³/mol. The molecule has 0 aromatic heterocycles. The van der Waals surface area contributed by atoms with Crippen LogP contribution < -0.4 is 24.4 Å². The van der Waals surface area contributed by atoms with E-state index in [0.717, 1.165) is 21.7 Å². The SMILES string of the molecule is CC[C@@H](C(=O)Nc1ccccc1C(=O)NCCc1ccc(OC)c(OC)c1)N(c1ccc(C)cc1)S(C)(=O)=O. The minimum Gasteiger partial charge on any atom is -0.493 e. The monoisotopic (exact) mass is 553 g/mol. The molecule has 0 aliphatic carbocycles. The smallest absolute Gasteiger partial charge is 0.253 e. The zero-order valence-corrected chi connectivity index (χ0v) is 23.7. The van der Waals surface area contributed by atoms with Gasteiger partial charge in [0.05, 0.1) is 37.4 Å². The fourth-order valence-electron chi connectivity index (χ4n) is 4.21. The van der Waals surface area contributed by atoms with Gasteiger partial charge < -0.3 is 20.1 Å². The molecule has 3 rings (SSSR count). The first-order valence-electron chi connectivity index (χ1n) is 12.5. The van der Waals surface area contributed by atoms with E-state index in [1.807, 2.05) is 19.1 Å². The second-order valence-corrected chi connectivity index (χ2v) is 10.9. The van der Waals surface area contributed by atoms with E-state index < -0.39 is 22.0 Å². The molecular formula is C29H35N3O6S. The van der Waals surface area contributed by atoms with E-state index in [-0.39, 0.29) is 17.9 Å². The largest absolute Gasteiger partial charge is 0.493 e. The van der Waals surface area contributed by atoms with Crippen LogP contribution in [0.3, 0.4) is 0 Å². The first-order chi connectivity index (χ1) is 18.6. The highest BCUT2D eigenvalue weighted by molar-refractivity contribution is 7.92. The van der Waals surface area contributed by atoms with Gasteiger partial charge in [0.2, 0.25) is 15.9 Å². The van der Waals surface area contributed by atoms with Crippen LogP contribution >= 0.6 is 0 Å². The van der Waals surface area contributed by atoms with Crippen molar-refractivity contribution in [3.63, 3.8) is 0 Å². The molecule has 39 heavy (non-hydrogen) atoms. The molecule has 0 saturated heterocycles. The summed E-state index contributed by atoms with van der Waals surface area (Å²) < 4.78 is 37.2. The molecule has 0 fully saturated rings. The van der Waals surface area contributed by atoms with Gasteiger partial charge in [-0.1, -0.05) is 42.8 Å². The summed E-state index contributed by atoms with van der Waals surface area (Å²) in [5, 5.41) is 5.66. The quantitative estimate of drug-likeness (QED) is 0.348. The van der Waals surface area contributed by atoms with Crippen molar-refractivity contribution in [2.24, 2.45) is 0 Å². The number of rotatable bonds is 12. The summed E-state index contributed by atoms with van der Waals surface area (Å²) in [5.74, 6) is 0.331. The Morgan fingerprint density at radius 1 is 0.949 bits per heavy atom. The Bertz CT molecular complexity index is 1410. The fourth-order valence-corrected chi connectivity index (χ4v) is 5.42. The Morgan fingerprint density at radius 3 is 2.23 bits per heavy atom. The number of methoxy groups -OCH3 is 2. The van der Waals surface area contributed by atoms with Crippen molar-refractivity contribution >= 4 is 33.2 Å². The van der Waals surface area contributed by atoms with E-state index in [1.165, 1.54) is 0 Å². The van der Waals surface area contributed by atoms with Gasteiger partial charge in [0.15, 0.2) is 11.5 Å². The van der Waals surface area contributed by atoms with Gasteiger partial charge in [-0.25, -0.2) is 8.42 Å². The number of aryl methyl sites for hydroxylation is 1. The lowest BCUT2D eigenvalue weighted by atomic mass is 10.1. The summed E-state index contributed by atoms with van der Waals surface area (Å²) in [6, 6.07) is 18.1. The number of hydrogen-bond acceptors (Lipinski definition) is 6. The summed E-state index contributed by atoms with van der Waals surface area (Å²) >= 11 is 0. The van der Waals surface area contributed by atoms with Crippen molar-refractivity contribution in [1.82, 2.24) is 5.32 Å². The maximum atomic E-state index is 13.4. The summed E-state index contributed by atoms with van der Waals surface area (Å²) in [6.07, 6.45) is 1.85. The molecule has 0 spiro atoms. The third kappa shape index (κ3) is 7.51. The number of carbonyl (C=O) groups excluding carboxylic acids is 2. The van der Waals surface area contributed by atoms with Crippen LogP contribution in [0.15, 0.2) is 66.7 Å². The van der Waals surface area contributed by atoms with Gasteiger partial charge in [-0.15, -0.1) is 0 Å². The van der Waals surface area contributed by atoms with E-state index in [2.05, 4.69) is 10.6 Å². The lowest BCUT2D eigenvalue weighted by Crippen LogP contribution is -2.47. The molecular weight excluding hydrogens is 518 g/mol. The Labute approximate surface area is 230 Å². The summed E-state index contributed by atoms with van der Waals surface area (Å²) in [5.41, 5.74) is 2.88. The molecule has 10 heteroatoms. The molecule has 0 aliphatic heterocycles. The lowest BCUT2D eigenvalue weighted by Gasteiger charge is -2.30. The maximum Gasteiger partial charge on any atom is 0.253 e. The molecule has 2 N–H and O–H groups in total. The molecule has 0 saturated carbocycles. The first kappa shape index (κ1) is 29.5. The van der Waals surface area contributed by atoms with Crippen LogP contribution in [-0.2, 0) is 21.2 Å². The van der Waals surface area contributed by atoms with Crippen molar-refractivity contribution in [3.8, 4) is 11.5 Å². The highest BCUT2D eigenvalue weighted by Gasteiger charge is 2.32. The standard InChI is InChI=1S/C29H35N3O6S/c1-6-25(32(39(5,35)36)22-14-11-20(2)12-15-22)29(34)31-24-10-8-7-9-23(24)28(33)30-18-17-21-13-16-26(37-3)27(19-21)38-4/h7-16,19,25H,6,17-18H2,1-5H3,(H,30,33)(H,31,34)/t25-/m0/s1. The van der Waals surface area contributed by atoms with E-state index >= 15 is 0 Å². The Morgan fingerprint density at radius 2 is 1.62 bits per heavy atom. The zero-order chi connectivity index (χ0) is 28.6. The van der Waals surface area contributed by atoms with Crippen molar-refractivity contribution in [2.75, 3.05) is 36.6 Å².